The third-order valence-electron chi connectivity index (χ3n) is 5.87. The van der Waals surface area contributed by atoms with E-state index in [0.717, 1.165) is 32.1 Å². The Morgan fingerprint density at radius 1 is 0.970 bits per heavy atom. The van der Waals surface area contributed by atoms with E-state index in [1.165, 1.54) is 0 Å². The third-order valence-corrected chi connectivity index (χ3v) is 5.87. The van der Waals surface area contributed by atoms with Crippen LogP contribution in [0, 0.1) is 0 Å². The number of aliphatic hydroxyl groups is 1. The SMILES string of the molecule is CCCCCOc1ccc(/C(O)=C2/C(=O)C(=O)N(CCCC)C2c2ccccc2OC)cc1. The highest BCUT2D eigenvalue weighted by molar-refractivity contribution is 6.46. The number of benzene rings is 2. The van der Waals surface area contributed by atoms with Gasteiger partial charge in [-0.2, -0.15) is 0 Å². The third kappa shape index (κ3) is 5.38. The number of hydrogen-bond donors (Lipinski definition) is 1. The number of Topliss-reactive ketones (excluding diaryl/α,β-unsaturated/α-hetero) is 1. The van der Waals surface area contributed by atoms with Crippen LogP contribution in [0.3, 0.4) is 0 Å². The van der Waals surface area contributed by atoms with Gasteiger partial charge in [-0.05, 0) is 43.2 Å². The largest absolute Gasteiger partial charge is 0.507 e. The van der Waals surface area contributed by atoms with E-state index in [0.29, 0.717) is 35.8 Å². The van der Waals surface area contributed by atoms with Crippen molar-refractivity contribution in [3.8, 4) is 11.5 Å². The second kappa shape index (κ2) is 11.5. The Bertz CT molecular complexity index is 996. The van der Waals surface area contributed by atoms with Gasteiger partial charge in [0.25, 0.3) is 11.7 Å². The van der Waals surface area contributed by atoms with Crippen molar-refractivity contribution in [1.29, 1.82) is 0 Å². The molecule has 1 aliphatic rings. The van der Waals surface area contributed by atoms with E-state index < -0.39 is 17.7 Å². The molecular weight excluding hydrogens is 418 g/mol. The fraction of sp³-hybridized carbons (Fsp3) is 0.407. The molecule has 1 atom stereocenters. The maximum Gasteiger partial charge on any atom is 0.295 e. The molecule has 1 heterocycles. The molecule has 6 nitrogen and oxygen atoms in total. The number of nitrogens with zero attached hydrogens (tertiary/aromatic N) is 1. The number of likely N-dealkylation sites (tertiary alicyclic amines) is 1. The highest BCUT2D eigenvalue weighted by atomic mass is 16.5. The lowest BCUT2D eigenvalue weighted by Gasteiger charge is -2.26. The van der Waals surface area contributed by atoms with Crippen molar-refractivity contribution in [2.45, 2.75) is 52.0 Å². The number of amides is 1. The van der Waals surface area contributed by atoms with Gasteiger partial charge >= 0.3 is 0 Å². The van der Waals surface area contributed by atoms with E-state index in [1.807, 2.05) is 25.1 Å². The summed E-state index contributed by atoms with van der Waals surface area (Å²) in [4.78, 5) is 27.6. The van der Waals surface area contributed by atoms with Gasteiger partial charge in [0.15, 0.2) is 0 Å². The molecule has 1 amide bonds. The minimum Gasteiger partial charge on any atom is -0.507 e. The average molecular weight is 452 g/mol. The molecule has 0 saturated carbocycles. The smallest absolute Gasteiger partial charge is 0.295 e. The van der Waals surface area contributed by atoms with Crippen molar-refractivity contribution >= 4 is 17.4 Å². The molecule has 0 aliphatic carbocycles. The van der Waals surface area contributed by atoms with Crippen molar-refractivity contribution in [2.24, 2.45) is 0 Å². The summed E-state index contributed by atoms with van der Waals surface area (Å²) in [6.45, 7) is 5.23. The monoisotopic (exact) mass is 451 g/mol. The summed E-state index contributed by atoms with van der Waals surface area (Å²) in [6.07, 6.45) is 4.85. The highest BCUT2D eigenvalue weighted by Gasteiger charge is 2.46. The fourth-order valence-corrected chi connectivity index (χ4v) is 4.06. The number of carbonyl (C=O) groups excluding carboxylic acids is 2. The summed E-state index contributed by atoms with van der Waals surface area (Å²) in [5.74, 6) is -0.211. The maximum atomic E-state index is 13.1. The molecule has 0 bridgehead atoms. The Morgan fingerprint density at radius 2 is 1.67 bits per heavy atom. The van der Waals surface area contributed by atoms with Crippen LogP contribution in [0.4, 0.5) is 0 Å². The lowest BCUT2D eigenvalue weighted by molar-refractivity contribution is -0.139. The number of aliphatic hydroxyl groups excluding tert-OH is 1. The molecule has 3 rings (SSSR count). The van der Waals surface area contributed by atoms with Crippen LogP contribution in [0.2, 0.25) is 0 Å². The van der Waals surface area contributed by atoms with E-state index in [2.05, 4.69) is 6.92 Å². The molecular formula is C27H33NO5. The van der Waals surface area contributed by atoms with Crippen LogP contribution >= 0.6 is 0 Å². The second-order valence-corrected chi connectivity index (χ2v) is 8.17. The standard InChI is InChI=1S/C27H33NO5/c1-4-6-10-18-33-20-15-13-19(14-16-20)25(29)23-24(21-11-8-9-12-22(21)32-3)28(17-7-5-2)27(31)26(23)30/h8-9,11-16,24,29H,4-7,10,17-18H2,1-3H3/b25-23-. The Kier molecular flexibility index (Phi) is 8.52. The van der Waals surface area contributed by atoms with Crippen molar-refractivity contribution in [3.05, 3.63) is 65.2 Å². The van der Waals surface area contributed by atoms with Crippen LogP contribution in [0.25, 0.3) is 5.76 Å². The zero-order valence-electron chi connectivity index (χ0n) is 19.7. The number of hydrogen-bond acceptors (Lipinski definition) is 5. The number of ether oxygens (including phenoxy) is 2. The first kappa shape index (κ1) is 24.4. The number of rotatable bonds is 11. The number of ketones is 1. The van der Waals surface area contributed by atoms with Crippen LogP contribution in [0.1, 0.15) is 63.1 Å². The lowest BCUT2D eigenvalue weighted by Crippen LogP contribution is -2.30. The summed E-state index contributed by atoms with van der Waals surface area (Å²) in [5.41, 5.74) is 1.22. The first-order valence-electron chi connectivity index (χ1n) is 11.7. The molecule has 1 saturated heterocycles. The average Bonchev–Trinajstić information content (AvgIpc) is 3.10. The molecule has 0 spiro atoms. The Hall–Kier alpha value is -3.28. The van der Waals surface area contributed by atoms with Crippen LogP contribution in [0.5, 0.6) is 11.5 Å². The van der Waals surface area contributed by atoms with E-state index >= 15 is 0 Å². The van der Waals surface area contributed by atoms with Crippen molar-refractivity contribution in [3.63, 3.8) is 0 Å². The van der Waals surface area contributed by atoms with Crippen LogP contribution in [0.15, 0.2) is 54.1 Å². The second-order valence-electron chi connectivity index (χ2n) is 8.17. The topological polar surface area (TPSA) is 76.1 Å². The Morgan fingerprint density at radius 3 is 2.33 bits per heavy atom. The predicted molar refractivity (Wildman–Crippen MR) is 128 cm³/mol. The molecule has 1 N–H and O–H groups in total. The Balaban J connectivity index is 1.99. The highest BCUT2D eigenvalue weighted by Crippen LogP contribution is 2.42. The summed E-state index contributed by atoms with van der Waals surface area (Å²) >= 11 is 0. The summed E-state index contributed by atoms with van der Waals surface area (Å²) in [7, 11) is 1.55. The molecule has 2 aromatic carbocycles. The quantitative estimate of drug-likeness (QED) is 0.212. The predicted octanol–water partition coefficient (Wildman–Crippen LogP) is 5.49. The van der Waals surface area contributed by atoms with Crippen LogP contribution in [-0.2, 0) is 9.59 Å². The minimum atomic E-state index is -0.710. The van der Waals surface area contributed by atoms with Crippen molar-refractivity contribution < 1.29 is 24.2 Å². The van der Waals surface area contributed by atoms with Crippen LogP contribution < -0.4 is 9.47 Å². The molecule has 2 aromatic rings. The van der Waals surface area contributed by atoms with E-state index in [9.17, 15) is 14.7 Å². The molecule has 33 heavy (non-hydrogen) atoms. The Labute approximate surface area is 195 Å². The van der Waals surface area contributed by atoms with Crippen molar-refractivity contribution in [1.82, 2.24) is 4.90 Å². The van der Waals surface area contributed by atoms with Gasteiger partial charge in [-0.3, -0.25) is 9.59 Å². The van der Waals surface area contributed by atoms with Gasteiger partial charge in [0.1, 0.15) is 17.3 Å². The van der Waals surface area contributed by atoms with Gasteiger partial charge in [-0.1, -0.05) is 51.3 Å². The van der Waals surface area contributed by atoms with Crippen molar-refractivity contribution in [2.75, 3.05) is 20.3 Å². The van der Waals surface area contributed by atoms with Gasteiger partial charge < -0.3 is 19.5 Å². The zero-order valence-corrected chi connectivity index (χ0v) is 19.7. The molecule has 6 heteroatoms. The van der Waals surface area contributed by atoms with Gasteiger partial charge in [0, 0.05) is 17.7 Å². The lowest BCUT2D eigenvalue weighted by atomic mass is 9.94. The molecule has 176 valence electrons. The number of para-hydroxylation sites is 1. The molecule has 1 unspecified atom stereocenters. The first-order valence-corrected chi connectivity index (χ1v) is 11.7. The van der Waals surface area contributed by atoms with Gasteiger partial charge in [0.05, 0.1) is 25.3 Å². The zero-order chi connectivity index (χ0) is 23.8. The maximum absolute atomic E-state index is 13.1. The van der Waals surface area contributed by atoms with E-state index in [1.54, 1.807) is 42.3 Å². The molecule has 0 aromatic heterocycles. The van der Waals surface area contributed by atoms with E-state index in [4.69, 9.17) is 9.47 Å². The van der Waals surface area contributed by atoms with Gasteiger partial charge in [0.2, 0.25) is 0 Å². The molecule has 1 fully saturated rings. The summed E-state index contributed by atoms with van der Waals surface area (Å²) in [6, 6.07) is 13.5. The first-order chi connectivity index (χ1) is 16.0. The van der Waals surface area contributed by atoms with E-state index in [-0.39, 0.29) is 11.3 Å². The molecule has 1 aliphatic heterocycles. The van der Waals surface area contributed by atoms with Crippen LogP contribution in [-0.4, -0.2) is 42.0 Å². The summed E-state index contributed by atoms with van der Waals surface area (Å²) in [5, 5.41) is 11.2. The summed E-state index contributed by atoms with van der Waals surface area (Å²) < 4.78 is 11.3. The van der Waals surface area contributed by atoms with Gasteiger partial charge in [-0.15, -0.1) is 0 Å². The number of methoxy groups -OCH3 is 1. The molecule has 0 radical (unpaired) electrons. The minimum absolute atomic E-state index is 0.0808. The normalized spacial score (nSPS) is 17.4. The number of carbonyl (C=O) groups is 2. The van der Waals surface area contributed by atoms with Gasteiger partial charge in [-0.25, -0.2) is 0 Å². The fourth-order valence-electron chi connectivity index (χ4n) is 4.06. The number of unbranched alkanes of at least 4 members (excludes halogenated alkanes) is 3.